The molecular formula is C20H33N3O3. The van der Waals surface area contributed by atoms with Crippen LogP contribution in [0.3, 0.4) is 0 Å². The van der Waals surface area contributed by atoms with Gasteiger partial charge in [0.2, 0.25) is 11.8 Å². The van der Waals surface area contributed by atoms with Crippen LogP contribution in [-0.2, 0) is 9.59 Å². The van der Waals surface area contributed by atoms with Crippen molar-refractivity contribution in [3.8, 4) is 0 Å². The Morgan fingerprint density at radius 1 is 1.31 bits per heavy atom. The van der Waals surface area contributed by atoms with Crippen LogP contribution in [0.15, 0.2) is 10.6 Å². The fraction of sp³-hybridized carbons (Fsp3) is 0.750. The molecule has 1 heterocycles. The topological polar surface area (TPSA) is 75.4 Å². The van der Waals surface area contributed by atoms with Crippen LogP contribution in [0, 0.1) is 12.8 Å². The Labute approximate surface area is 156 Å². The summed E-state index contributed by atoms with van der Waals surface area (Å²) in [5.41, 5.74) is 0. The average molecular weight is 364 g/mol. The van der Waals surface area contributed by atoms with Crippen molar-refractivity contribution in [3.63, 3.8) is 0 Å². The summed E-state index contributed by atoms with van der Waals surface area (Å²) < 4.78 is 4.99. The molecular weight excluding hydrogens is 330 g/mol. The van der Waals surface area contributed by atoms with Gasteiger partial charge in [-0.3, -0.25) is 9.59 Å². The Morgan fingerprint density at radius 3 is 2.62 bits per heavy atom. The molecule has 1 fully saturated rings. The molecule has 1 aromatic rings. The first-order valence-corrected chi connectivity index (χ1v) is 10.1. The van der Waals surface area contributed by atoms with Gasteiger partial charge in [-0.2, -0.15) is 0 Å². The molecule has 6 heteroatoms. The Hall–Kier alpha value is -1.85. The maximum absolute atomic E-state index is 13.2. The van der Waals surface area contributed by atoms with E-state index in [1.165, 1.54) is 6.42 Å². The minimum absolute atomic E-state index is 0.0129. The summed E-state index contributed by atoms with van der Waals surface area (Å²) in [6, 6.07) is 1.86. The third-order valence-electron chi connectivity index (χ3n) is 5.26. The lowest BCUT2D eigenvalue weighted by Crippen LogP contribution is -2.48. The standard InChI is InChI=1S/C20H33N3O3/c1-4-6-10-16(5-2)20(25)23(17-11-8-7-9-12-17)14-19(24)21-18-13-15(3)26-22-18/h13,16-17H,4-12,14H2,1-3H3,(H,21,22,24). The smallest absolute Gasteiger partial charge is 0.245 e. The molecule has 0 saturated heterocycles. The number of aromatic nitrogens is 1. The minimum Gasteiger partial charge on any atom is -0.360 e. The first-order valence-electron chi connectivity index (χ1n) is 10.1. The molecule has 1 N–H and O–H groups in total. The van der Waals surface area contributed by atoms with Gasteiger partial charge in [0.15, 0.2) is 5.82 Å². The van der Waals surface area contributed by atoms with Crippen LogP contribution in [0.1, 0.15) is 77.4 Å². The van der Waals surface area contributed by atoms with Gasteiger partial charge in [0.1, 0.15) is 12.3 Å². The zero-order valence-electron chi connectivity index (χ0n) is 16.4. The number of aryl methyl sites for hydroxylation is 1. The Bertz CT molecular complexity index is 579. The lowest BCUT2D eigenvalue weighted by molar-refractivity contribution is -0.142. The third kappa shape index (κ3) is 5.85. The van der Waals surface area contributed by atoms with Crippen molar-refractivity contribution in [2.75, 3.05) is 11.9 Å². The predicted octanol–water partition coefficient (Wildman–Crippen LogP) is 4.30. The van der Waals surface area contributed by atoms with Crippen molar-refractivity contribution in [2.24, 2.45) is 5.92 Å². The van der Waals surface area contributed by atoms with Gasteiger partial charge in [0.25, 0.3) is 0 Å². The van der Waals surface area contributed by atoms with E-state index in [-0.39, 0.29) is 30.3 Å². The van der Waals surface area contributed by atoms with Crippen molar-refractivity contribution in [1.82, 2.24) is 10.1 Å². The molecule has 1 unspecified atom stereocenters. The third-order valence-corrected chi connectivity index (χ3v) is 5.26. The molecule has 0 aliphatic heterocycles. The van der Waals surface area contributed by atoms with Gasteiger partial charge in [-0.05, 0) is 32.6 Å². The van der Waals surface area contributed by atoms with Crippen LogP contribution in [0.5, 0.6) is 0 Å². The van der Waals surface area contributed by atoms with Gasteiger partial charge in [-0.25, -0.2) is 0 Å². The summed E-state index contributed by atoms with van der Waals surface area (Å²) in [6.07, 6.45) is 9.32. The Kier molecular flexibility index (Phi) is 8.13. The van der Waals surface area contributed by atoms with E-state index in [0.717, 1.165) is 51.4 Å². The first kappa shape index (κ1) is 20.5. The maximum atomic E-state index is 13.2. The first-order chi connectivity index (χ1) is 12.5. The molecule has 0 aromatic carbocycles. The van der Waals surface area contributed by atoms with Crippen molar-refractivity contribution in [2.45, 2.75) is 84.6 Å². The highest BCUT2D eigenvalue weighted by Gasteiger charge is 2.31. The zero-order valence-corrected chi connectivity index (χ0v) is 16.4. The number of carbonyl (C=O) groups excluding carboxylic acids is 2. The van der Waals surface area contributed by atoms with Crippen LogP contribution in [0.2, 0.25) is 0 Å². The second-order valence-corrected chi connectivity index (χ2v) is 7.38. The van der Waals surface area contributed by atoms with E-state index in [1.807, 2.05) is 4.90 Å². The monoisotopic (exact) mass is 363 g/mol. The van der Waals surface area contributed by atoms with E-state index in [1.54, 1.807) is 13.0 Å². The number of nitrogens with zero attached hydrogens (tertiary/aromatic N) is 2. The molecule has 146 valence electrons. The molecule has 1 aliphatic rings. The molecule has 26 heavy (non-hydrogen) atoms. The van der Waals surface area contributed by atoms with Gasteiger partial charge in [0, 0.05) is 18.0 Å². The summed E-state index contributed by atoms with van der Waals surface area (Å²) in [5.74, 6) is 0.994. The van der Waals surface area contributed by atoms with E-state index in [2.05, 4.69) is 24.3 Å². The van der Waals surface area contributed by atoms with Crippen LogP contribution in [-0.4, -0.2) is 34.5 Å². The number of nitrogens with one attached hydrogen (secondary N) is 1. The quantitative estimate of drug-likeness (QED) is 0.710. The SMILES string of the molecule is CCCCC(CC)C(=O)N(CC(=O)Nc1cc(C)on1)C1CCCCC1. The van der Waals surface area contributed by atoms with Crippen molar-refractivity contribution in [3.05, 3.63) is 11.8 Å². The predicted molar refractivity (Wildman–Crippen MR) is 102 cm³/mol. The van der Waals surface area contributed by atoms with Crippen LogP contribution >= 0.6 is 0 Å². The summed E-state index contributed by atoms with van der Waals surface area (Å²) in [7, 11) is 0. The molecule has 0 radical (unpaired) electrons. The van der Waals surface area contributed by atoms with Crippen molar-refractivity contribution >= 4 is 17.6 Å². The molecule has 2 rings (SSSR count). The van der Waals surface area contributed by atoms with E-state index in [0.29, 0.717) is 11.6 Å². The number of hydrogen-bond acceptors (Lipinski definition) is 4. The summed E-state index contributed by atoms with van der Waals surface area (Å²) in [5, 5.41) is 6.55. The fourth-order valence-corrected chi connectivity index (χ4v) is 3.73. The second kappa shape index (κ2) is 10.3. The average Bonchev–Trinajstić information content (AvgIpc) is 3.05. The van der Waals surface area contributed by atoms with E-state index in [4.69, 9.17) is 4.52 Å². The maximum Gasteiger partial charge on any atom is 0.245 e. The van der Waals surface area contributed by atoms with Crippen molar-refractivity contribution in [1.29, 1.82) is 0 Å². The number of rotatable bonds is 9. The Balaban J connectivity index is 2.06. The van der Waals surface area contributed by atoms with Crippen LogP contribution < -0.4 is 5.32 Å². The molecule has 1 saturated carbocycles. The number of carbonyl (C=O) groups is 2. The van der Waals surface area contributed by atoms with Crippen LogP contribution in [0.25, 0.3) is 0 Å². The normalized spacial score (nSPS) is 16.3. The molecule has 0 bridgehead atoms. The molecule has 6 nitrogen and oxygen atoms in total. The van der Waals surface area contributed by atoms with E-state index < -0.39 is 0 Å². The lowest BCUT2D eigenvalue weighted by atomic mass is 9.91. The van der Waals surface area contributed by atoms with Crippen molar-refractivity contribution < 1.29 is 14.1 Å². The molecule has 1 aliphatic carbocycles. The van der Waals surface area contributed by atoms with Gasteiger partial charge in [0.05, 0.1) is 0 Å². The molecule has 2 amide bonds. The zero-order chi connectivity index (χ0) is 18.9. The van der Waals surface area contributed by atoms with Gasteiger partial charge < -0.3 is 14.7 Å². The highest BCUT2D eigenvalue weighted by atomic mass is 16.5. The summed E-state index contributed by atoms with van der Waals surface area (Å²) >= 11 is 0. The van der Waals surface area contributed by atoms with Gasteiger partial charge in [-0.1, -0.05) is 51.1 Å². The van der Waals surface area contributed by atoms with E-state index >= 15 is 0 Å². The van der Waals surface area contributed by atoms with E-state index in [9.17, 15) is 9.59 Å². The largest absolute Gasteiger partial charge is 0.360 e. The minimum atomic E-state index is -0.206. The number of anilines is 1. The second-order valence-electron chi connectivity index (χ2n) is 7.38. The van der Waals surface area contributed by atoms with Crippen LogP contribution in [0.4, 0.5) is 5.82 Å². The highest BCUT2D eigenvalue weighted by molar-refractivity contribution is 5.94. The number of unbranched alkanes of at least 4 members (excludes halogenated alkanes) is 1. The molecule has 1 atom stereocenters. The molecule has 0 spiro atoms. The fourth-order valence-electron chi connectivity index (χ4n) is 3.73. The summed E-state index contributed by atoms with van der Waals surface area (Å²) in [6.45, 7) is 6.08. The Morgan fingerprint density at radius 2 is 2.04 bits per heavy atom. The molecule has 1 aromatic heterocycles. The van der Waals surface area contributed by atoms with Gasteiger partial charge >= 0.3 is 0 Å². The lowest BCUT2D eigenvalue weighted by Gasteiger charge is -2.36. The number of hydrogen-bond donors (Lipinski definition) is 1. The van der Waals surface area contributed by atoms with Gasteiger partial charge in [-0.15, -0.1) is 0 Å². The number of amides is 2. The summed E-state index contributed by atoms with van der Waals surface area (Å²) in [4.78, 5) is 27.5. The highest BCUT2D eigenvalue weighted by Crippen LogP contribution is 2.26.